The predicted octanol–water partition coefficient (Wildman–Crippen LogP) is 2.36. The zero-order chi connectivity index (χ0) is 11.3. The molecule has 3 nitrogen and oxygen atoms in total. The number of aromatic hydroxyl groups is 1. The molecule has 1 aromatic rings. The van der Waals surface area contributed by atoms with Gasteiger partial charge in [-0.25, -0.2) is 0 Å². The molecule has 0 aliphatic carbocycles. The number of phenols is 1. The second-order valence-electron chi connectivity index (χ2n) is 3.14. The number of aliphatic imine (C=N–C) groups is 1. The van der Waals surface area contributed by atoms with Crippen LogP contribution < -0.4 is 5.73 Å². The maximum atomic E-state index is 9.69. The van der Waals surface area contributed by atoms with Gasteiger partial charge >= 0.3 is 0 Å². The highest BCUT2D eigenvalue weighted by Gasteiger charge is 2.05. The fourth-order valence-corrected chi connectivity index (χ4v) is 1.31. The Bertz CT molecular complexity index is 395. The number of nitrogens with zero attached hydrogens (tertiary/aromatic N) is 1. The molecule has 80 valence electrons. The van der Waals surface area contributed by atoms with Crippen molar-refractivity contribution in [2.24, 2.45) is 4.99 Å². The van der Waals surface area contributed by atoms with Crippen molar-refractivity contribution in [1.82, 2.24) is 0 Å². The number of hydrogen-bond donors (Lipinski definition) is 2. The summed E-state index contributed by atoms with van der Waals surface area (Å²) in [6, 6.07) is 4.97. The Hall–Kier alpha value is -1.77. The highest BCUT2D eigenvalue weighted by atomic mass is 16.3. The van der Waals surface area contributed by atoms with Crippen molar-refractivity contribution in [3.05, 3.63) is 35.9 Å². The van der Waals surface area contributed by atoms with Gasteiger partial charge in [0.1, 0.15) is 5.75 Å². The van der Waals surface area contributed by atoms with Gasteiger partial charge < -0.3 is 10.8 Å². The average molecular weight is 204 g/mol. The molecule has 15 heavy (non-hydrogen) atoms. The Kier molecular flexibility index (Phi) is 3.92. The summed E-state index contributed by atoms with van der Waals surface area (Å²) in [5, 5.41) is 9.69. The smallest absolute Gasteiger partial charge is 0.125 e. The third-order valence-electron chi connectivity index (χ3n) is 1.95. The van der Waals surface area contributed by atoms with E-state index in [-0.39, 0.29) is 5.75 Å². The lowest BCUT2D eigenvalue weighted by Gasteiger charge is -2.05. The minimum Gasteiger partial charge on any atom is -0.507 e. The molecule has 0 saturated carbocycles. The molecule has 0 bridgehead atoms. The van der Waals surface area contributed by atoms with Crippen LogP contribution >= 0.6 is 0 Å². The van der Waals surface area contributed by atoms with E-state index < -0.39 is 0 Å². The monoisotopic (exact) mass is 204 g/mol. The molecule has 0 aromatic heterocycles. The van der Waals surface area contributed by atoms with Gasteiger partial charge in [-0.3, -0.25) is 4.99 Å². The molecule has 0 fully saturated rings. The molecule has 0 spiro atoms. The van der Waals surface area contributed by atoms with Crippen LogP contribution in [-0.4, -0.2) is 17.4 Å². The lowest BCUT2D eigenvalue weighted by atomic mass is 10.1. The first kappa shape index (κ1) is 11.3. The third-order valence-corrected chi connectivity index (χ3v) is 1.95. The van der Waals surface area contributed by atoms with Gasteiger partial charge in [0.25, 0.3) is 0 Å². The van der Waals surface area contributed by atoms with Crippen LogP contribution in [0.3, 0.4) is 0 Å². The number of anilines is 1. The number of hydrogen-bond acceptors (Lipinski definition) is 3. The first-order valence-corrected chi connectivity index (χ1v) is 4.95. The van der Waals surface area contributed by atoms with Crippen molar-refractivity contribution >= 4 is 11.4 Å². The van der Waals surface area contributed by atoms with Crippen molar-refractivity contribution in [2.75, 3.05) is 12.3 Å². The summed E-state index contributed by atoms with van der Waals surface area (Å²) in [7, 11) is 0. The van der Waals surface area contributed by atoms with Crippen molar-refractivity contribution in [3.8, 4) is 5.75 Å². The van der Waals surface area contributed by atoms with Gasteiger partial charge in [-0.1, -0.05) is 6.08 Å². The normalized spacial score (nSPS) is 12.3. The van der Waals surface area contributed by atoms with Crippen LogP contribution in [0.4, 0.5) is 5.69 Å². The van der Waals surface area contributed by atoms with Gasteiger partial charge in [-0.05, 0) is 38.1 Å². The van der Waals surface area contributed by atoms with E-state index >= 15 is 0 Å². The molecular formula is C12H16N2O. The summed E-state index contributed by atoms with van der Waals surface area (Å²) in [6.45, 7) is 4.54. The van der Waals surface area contributed by atoms with Crippen LogP contribution in [0.15, 0.2) is 35.3 Å². The van der Waals surface area contributed by atoms with Gasteiger partial charge in [0.15, 0.2) is 0 Å². The minimum absolute atomic E-state index is 0.203. The maximum absolute atomic E-state index is 9.69. The Morgan fingerprint density at radius 3 is 2.87 bits per heavy atom. The summed E-state index contributed by atoms with van der Waals surface area (Å²) in [5.74, 6) is 0.203. The zero-order valence-corrected chi connectivity index (χ0v) is 9.07. The molecule has 0 atom stereocenters. The summed E-state index contributed by atoms with van der Waals surface area (Å²) in [4.78, 5) is 4.30. The van der Waals surface area contributed by atoms with E-state index in [1.165, 1.54) is 0 Å². The molecule has 0 saturated heterocycles. The van der Waals surface area contributed by atoms with Crippen LogP contribution in [0.25, 0.3) is 0 Å². The SMILES string of the molecule is C/C=C\C(=NCC)c1cc(N)ccc1O. The molecule has 0 amide bonds. The number of nitrogen functional groups attached to an aromatic ring is 1. The van der Waals surface area contributed by atoms with Crippen molar-refractivity contribution in [3.63, 3.8) is 0 Å². The van der Waals surface area contributed by atoms with Crippen molar-refractivity contribution in [1.29, 1.82) is 0 Å². The van der Waals surface area contributed by atoms with E-state index in [2.05, 4.69) is 4.99 Å². The maximum Gasteiger partial charge on any atom is 0.125 e. The van der Waals surface area contributed by atoms with Gasteiger partial charge in [0.2, 0.25) is 0 Å². The van der Waals surface area contributed by atoms with Gasteiger partial charge in [0, 0.05) is 17.8 Å². The second kappa shape index (κ2) is 5.20. The summed E-state index contributed by atoms with van der Waals surface area (Å²) in [5.41, 5.74) is 7.72. The fourth-order valence-electron chi connectivity index (χ4n) is 1.31. The summed E-state index contributed by atoms with van der Waals surface area (Å²) in [6.07, 6.45) is 3.75. The lowest BCUT2D eigenvalue weighted by molar-refractivity contribution is 0.474. The molecule has 0 unspecified atom stereocenters. The number of benzene rings is 1. The predicted molar refractivity (Wildman–Crippen MR) is 64.4 cm³/mol. The molecule has 0 heterocycles. The fraction of sp³-hybridized carbons (Fsp3) is 0.250. The number of allylic oxidation sites excluding steroid dienone is 2. The zero-order valence-electron chi connectivity index (χ0n) is 9.07. The van der Waals surface area contributed by atoms with Crippen LogP contribution in [0.5, 0.6) is 5.75 Å². The topological polar surface area (TPSA) is 58.6 Å². The Morgan fingerprint density at radius 2 is 2.27 bits per heavy atom. The first-order chi connectivity index (χ1) is 7.19. The van der Waals surface area contributed by atoms with Gasteiger partial charge in [-0.2, -0.15) is 0 Å². The van der Waals surface area contributed by atoms with Crippen LogP contribution in [-0.2, 0) is 0 Å². The van der Waals surface area contributed by atoms with E-state index in [0.29, 0.717) is 17.8 Å². The van der Waals surface area contributed by atoms with Crippen LogP contribution in [0.2, 0.25) is 0 Å². The molecular weight excluding hydrogens is 188 g/mol. The molecule has 1 rings (SSSR count). The molecule has 3 N–H and O–H groups in total. The Balaban J connectivity index is 3.22. The average Bonchev–Trinajstić information content (AvgIpc) is 2.21. The highest BCUT2D eigenvalue weighted by molar-refractivity contribution is 6.10. The number of nitrogens with two attached hydrogens (primary N) is 1. The van der Waals surface area contributed by atoms with Crippen molar-refractivity contribution in [2.45, 2.75) is 13.8 Å². The Morgan fingerprint density at radius 1 is 1.53 bits per heavy atom. The van der Waals surface area contributed by atoms with E-state index in [9.17, 15) is 5.11 Å². The van der Waals surface area contributed by atoms with E-state index in [1.807, 2.05) is 26.0 Å². The van der Waals surface area contributed by atoms with Crippen LogP contribution in [0.1, 0.15) is 19.4 Å². The second-order valence-corrected chi connectivity index (χ2v) is 3.14. The first-order valence-electron chi connectivity index (χ1n) is 4.95. The molecule has 0 aliphatic rings. The molecule has 3 heteroatoms. The number of phenolic OH excluding ortho intramolecular Hbond substituents is 1. The Labute approximate surface area is 90.0 Å². The third kappa shape index (κ3) is 2.84. The lowest BCUT2D eigenvalue weighted by Crippen LogP contribution is -1.99. The quantitative estimate of drug-likeness (QED) is 0.451. The van der Waals surface area contributed by atoms with Crippen LogP contribution in [0, 0.1) is 0 Å². The summed E-state index contributed by atoms with van der Waals surface area (Å²) >= 11 is 0. The van der Waals surface area contributed by atoms with E-state index in [1.54, 1.807) is 18.2 Å². The van der Waals surface area contributed by atoms with Gasteiger partial charge in [-0.15, -0.1) is 0 Å². The van der Waals surface area contributed by atoms with E-state index in [0.717, 1.165) is 5.71 Å². The highest BCUT2D eigenvalue weighted by Crippen LogP contribution is 2.21. The molecule has 0 radical (unpaired) electrons. The van der Waals surface area contributed by atoms with Crippen molar-refractivity contribution < 1.29 is 5.11 Å². The van der Waals surface area contributed by atoms with Gasteiger partial charge in [0.05, 0.1) is 5.71 Å². The minimum atomic E-state index is 0.203. The standard InChI is InChI=1S/C12H16N2O/c1-3-5-11(14-4-2)10-8-9(13)6-7-12(10)15/h3,5-8,15H,4,13H2,1-2H3/b5-3-,14-11?. The molecule has 1 aromatic carbocycles. The molecule has 0 aliphatic heterocycles. The number of rotatable bonds is 3. The summed E-state index contributed by atoms with van der Waals surface area (Å²) < 4.78 is 0. The van der Waals surface area contributed by atoms with E-state index in [4.69, 9.17) is 5.73 Å². The largest absolute Gasteiger partial charge is 0.507 e.